The quantitative estimate of drug-likeness (QED) is 0.648. The van der Waals surface area contributed by atoms with E-state index in [-0.39, 0.29) is 11.5 Å². The summed E-state index contributed by atoms with van der Waals surface area (Å²) in [5.41, 5.74) is 5.35. The molecule has 0 aromatic rings. The molecule has 4 heteroatoms. The highest BCUT2D eigenvalue weighted by atomic mass is 16.6. The molecular formula is C8H18N2O2. The maximum Gasteiger partial charge on any atom is 0.407 e. The third-order valence-corrected chi connectivity index (χ3v) is 1.63. The molecule has 1 atom stereocenters. The molecule has 0 bridgehead atoms. The van der Waals surface area contributed by atoms with Gasteiger partial charge in [0.1, 0.15) is 6.10 Å². The molecule has 0 fully saturated rings. The van der Waals surface area contributed by atoms with Crippen LogP contribution in [0.3, 0.4) is 0 Å². The maximum absolute atomic E-state index is 10.8. The Hall–Kier alpha value is -0.770. The molecule has 0 aromatic heterocycles. The number of carbonyl (C=O) groups is 1. The molecule has 0 saturated heterocycles. The van der Waals surface area contributed by atoms with Gasteiger partial charge >= 0.3 is 6.09 Å². The van der Waals surface area contributed by atoms with E-state index in [1.54, 1.807) is 0 Å². The van der Waals surface area contributed by atoms with Crippen molar-refractivity contribution < 1.29 is 9.53 Å². The Balaban J connectivity index is 4.09. The molecule has 1 amide bonds. The van der Waals surface area contributed by atoms with Crippen LogP contribution >= 0.6 is 0 Å². The molecule has 0 rings (SSSR count). The zero-order chi connectivity index (χ0) is 9.78. The first-order chi connectivity index (χ1) is 5.41. The predicted octanol–water partition coefficient (Wildman–Crippen LogP) is 0.716. The SMILES string of the molecule is CNC(=O)OC(CN)C(C)(C)C. The van der Waals surface area contributed by atoms with Crippen LogP contribution in [0.15, 0.2) is 0 Å². The number of hydrogen-bond donors (Lipinski definition) is 2. The zero-order valence-corrected chi connectivity index (χ0v) is 8.18. The second kappa shape index (κ2) is 4.30. The van der Waals surface area contributed by atoms with Crippen molar-refractivity contribution >= 4 is 6.09 Å². The highest BCUT2D eigenvalue weighted by Crippen LogP contribution is 2.21. The smallest absolute Gasteiger partial charge is 0.407 e. The average Bonchev–Trinajstić information content (AvgIpc) is 1.97. The first-order valence-electron chi connectivity index (χ1n) is 4.00. The van der Waals surface area contributed by atoms with Crippen molar-refractivity contribution in [3.63, 3.8) is 0 Å². The molecule has 1 unspecified atom stereocenters. The summed E-state index contributed by atoms with van der Waals surface area (Å²) in [7, 11) is 1.53. The van der Waals surface area contributed by atoms with Crippen LogP contribution in [0.1, 0.15) is 20.8 Å². The van der Waals surface area contributed by atoms with Crippen LogP contribution in [0.4, 0.5) is 4.79 Å². The van der Waals surface area contributed by atoms with Crippen LogP contribution in [0.25, 0.3) is 0 Å². The summed E-state index contributed by atoms with van der Waals surface area (Å²) < 4.78 is 5.04. The van der Waals surface area contributed by atoms with Crippen molar-refractivity contribution in [3.05, 3.63) is 0 Å². The Morgan fingerprint density at radius 1 is 1.58 bits per heavy atom. The van der Waals surface area contributed by atoms with Crippen LogP contribution in [0.2, 0.25) is 0 Å². The minimum Gasteiger partial charge on any atom is -0.444 e. The Morgan fingerprint density at radius 3 is 2.33 bits per heavy atom. The van der Waals surface area contributed by atoms with E-state index in [1.807, 2.05) is 20.8 Å². The molecular weight excluding hydrogens is 156 g/mol. The molecule has 0 aliphatic rings. The molecule has 0 aliphatic heterocycles. The van der Waals surface area contributed by atoms with E-state index in [9.17, 15) is 4.79 Å². The fourth-order valence-corrected chi connectivity index (χ4v) is 0.767. The number of hydrogen-bond acceptors (Lipinski definition) is 3. The van der Waals surface area contributed by atoms with Crippen LogP contribution in [-0.2, 0) is 4.74 Å². The Labute approximate surface area is 73.5 Å². The first kappa shape index (κ1) is 11.2. The maximum atomic E-state index is 10.8. The largest absolute Gasteiger partial charge is 0.444 e. The summed E-state index contributed by atoms with van der Waals surface area (Å²) in [6, 6.07) is 0. The number of amides is 1. The molecule has 0 heterocycles. The highest BCUT2D eigenvalue weighted by molar-refractivity contribution is 5.66. The predicted molar refractivity (Wildman–Crippen MR) is 47.8 cm³/mol. The number of rotatable bonds is 2. The summed E-state index contributed by atoms with van der Waals surface area (Å²) in [6.45, 7) is 6.28. The Bertz CT molecular complexity index is 152. The van der Waals surface area contributed by atoms with Crippen molar-refractivity contribution in [3.8, 4) is 0 Å². The number of nitrogens with two attached hydrogens (primary N) is 1. The van der Waals surface area contributed by atoms with Gasteiger partial charge in [-0.05, 0) is 0 Å². The van der Waals surface area contributed by atoms with Crippen molar-refractivity contribution in [1.29, 1.82) is 0 Å². The lowest BCUT2D eigenvalue weighted by Crippen LogP contribution is -2.40. The third kappa shape index (κ3) is 3.57. The molecule has 4 nitrogen and oxygen atoms in total. The molecule has 3 N–H and O–H groups in total. The fraction of sp³-hybridized carbons (Fsp3) is 0.875. The second-order valence-corrected chi connectivity index (χ2v) is 3.75. The van der Waals surface area contributed by atoms with Crippen molar-refractivity contribution in [1.82, 2.24) is 5.32 Å². The monoisotopic (exact) mass is 174 g/mol. The minimum atomic E-state index is -0.430. The number of alkyl carbamates (subject to hydrolysis) is 1. The zero-order valence-electron chi connectivity index (χ0n) is 8.18. The molecule has 72 valence electrons. The normalized spacial score (nSPS) is 13.8. The van der Waals surface area contributed by atoms with Crippen molar-refractivity contribution in [2.45, 2.75) is 26.9 Å². The van der Waals surface area contributed by atoms with E-state index in [0.717, 1.165) is 0 Å². The van der Waals surface area contributed by atoms with E-state index in [2.05, 4.69) is 5.32 Å². The second-order valence-electron chi connectivity index (χ2n) is 3.75. The first-order valence-corrected chi connectivity index (χ1v) is 4.00. The number of ether oxygens (including phenoxy) is 1. The summed E-state index contributed by atoms with van der Waals surface area (Å²) >= 11 is 0. The van der Waals surface area contributed by atoms with Gasteiger partial charge in [0.05, 0.1) is 0 Å². The number of nitrogens with one attached hydrogen (secondary N) is 1. The van der Waals surface area contributed by atoms with Gasteiger partial charge in [-0.2, -0.15) is 0 Å². The fourth-order valence-electron chi connectivity index (χ4n) is 0.767. The van der Waals surface area contributed by atoms with E-state index >= 15 is 0 Å². The van der Waals surface area contributed by atoms with E-state index in [4.69, 9.17) is 10.5 Å². The molecule has 0 aromatic carbocycles. The topological polar surface area (TPSA) is 64.3 Å². The van der Waals surface area contributed by atoms with Crippen LogP contribution in [-0.4, -0.2) is 25.8 Å². The van der Waals surface area contributed by atoms with Crippen LogP contribution in [0.5, 0.6) is 0 Å². The number of carbonyl (C=O) groups excluding carboxylic acids is 1. The lowest BCUT2D eigenvalue weighted by atomic mass is 9.89. The van der Waals surface area contributed by atoms with Gasteiger partial charge in [-0.15, -0.1) is 0 Å². The van der Waals surface area contributed by atoms with E-state index < -0.39 is 6.09 Å². The summed E-state index contributed by atoms with van der Waals surface area (Å²) in [6.07, 6.45) is -0.669. The van der Waals surface area contributed by atoms with E-state index in [1.165, 1.54) is 7.05 Å². The van der Waals surface area contributed by atoms with Gasteiger partial charge in [0.25, 0.3) is 0 Å². The lowest BCUT2D eigenvalue weighted by molar-refractivity contribution is 0.0384. The van der Waals surface area contributed by atoms with Gasteiger partial charge in [-0.1, -0.05) is 20.8 Å². The Kier molecular flexibility index (Phi) is 4.03. The van der Waals surface area contributed by atoms with E-state index in [0.29, 0.717) is 6.54 Å². The standard InChI is InChI=1S/C8H18N2O2/c1-8(2,3)6(5-9)12-7(11)10-4/h6H,5,9H2,1-4H3,(H,10,11). The van der Waals surface area contributed by atoms with Gasteiger partial charge in [-0.3, -0.25) is 0 Å². The van der Waals surface area contributed by atoms with Gasteiger partial charge in [0.2, 0.25) is 0 Å². The third-order valence-electron chi connectivity index (χ3n) is 1.63. The molecule has 12 heavy (non-hydrogen) atoms. The van der Waals surface area contributed by atoms with Crippen molar-refractivity contribution in [2.75, 3.05) is 13.6 Å². The van der Waals surface area contributed by atoms with Crippen molar-refractivity contribution in [2.24, 2.45) is 11.1 Å². The summed E-state index contributed by atoms with van der Waals surface area (Å²) in [4.78, 5) is 10.8. The van der Waals surface area contributed by atoms with Crippen LogP contribution < -0.4 is 11.1 Å². The molecule has 0 radical (unpaired) electrons. The summed E-state index contributed by atoms with van der Waals surface area (Å²) in [5.74, 6) is 0. The van der Waals surface area contributed by atoms with Gasteiger partial charge in [0.15, 0.2) is 0 Å². The molecule has 0 aliphatic carbocycles. The van der Waals surface area contributed by atoms with Gasteiger partial charge in [0, 0.05) is 19.0 Å². The Morgan fingerprint density at radius 2 is 2.08 bits per heavy atom. The van der Waals surface area contributed by atoms with Gasteiger partial charge < -0.3 is 15.8 Å². The average molecular weight is 174 g/mol. The highest BCUT2D eigenvalue weighted by Gasteiger charge is 2.26. The summed E-state index contributed by atoms with van der Waals surface area (Å²) in [5, 5.41) is 2.39. The molecule has 0 saturated carbocycles. The van der Waals surface area contributed by atoms with Crippen LogP contribution in [0, 0.1) is 5.41 Å². The van der Waals surface area contributed by atoms with Gasteiger partial charge in [-0.25, -0.2) is 4.79 Å². The molecule has 0 spiro atoms. The minimum absolute atomic E-state index is 0.110. The lowest BCUT2D eigenvalue weighted by Gasteiger charge is -2.28.